The molecule has 4 atom stereocenters. The highest BCUT2D eigenvalue weighted by Gasteiger charge is 2.50. The van der Waals surface area contributed by atoms with Crippen molar-refractivity contribution in [2.24, 2.45) is 17.8 Å². The van der Waals surface area contributed by atoms with E-state index >= 15 is 0 Å². The molecule has 0 radical (unpaired) electrons. The van der Waals surface area contributed by atoms with Crippen LogP contribution in [0, 0.1) is 29.1 Å². The topological polar surface area (TPSA) is 39.1 Å². The molecule has 0 bridgehead atoms. The maximum Gasteiger partial charge on any atom is 0.122 e. The van der Waals surface area contributed by atoms with Crippen molar-refractivity contribution in [3.8, 4) is 6.07 Å². The fourth-order valence-corrected chi connectivity index (χ4v) is 3.98. The number of rotatable bonds is 5. The van der Waals surface area contributed by atoms with E-state index in [-0.39, 0.29) is 5.54 Å². The summed E-state index contributed by atoms with van der Waals surface area (Å²) in [6.45, 7) is 9.17. The van der Waals surface area contributed by atoms with Crippen LogP contribution in [0.25, 0.3) is 0 Å². The van der Waals surface area contributed by atoms with Gasteiger partial charge in [-0.25, -0.2) is 0 Å². The number of hydrogen-bond acceptors (Lipinski definition) is 3. The largest absolute Gasteiger partial charge is 0.297 e. The second-order valence-corrected chi connectivity index (χ2v) is 7.76. The molecule has 20 heavy (non-hydrogen) atoms. The normalized spacial score (nSPS) is 38.2. The molecule has 0 aromatic heterocycles. The molecule has 3 heteroatoms. The third-order valence-electron chi connectivity index (χ3n) is 5.69. The maximum absolute atomic E-state index is 9.87. The van der Waals surface area contributed by atoms with E-state index in [0.29, 0.717) is 18.0 Å². The van der Waals surface area contributed by atoms with Crippen molar-refractivity contribution < 1.29 is 0 Å². The molecule has 0 aromatic rings. The lowest BCUT2D eigenvalue weighted by Crippen LogP contribution is -2.59. The number of nitrogens with one attached hydrogen (secondary N) is 1. The summed E-state index contributed by atoms with van der Waals surface area (Å²) < 4.78 is 0. The zero-order valence-corrected chi connectivity index (χ0v) is 13.2. The highest BCUT2D eigenvalue weighted by atomic mass is 15.2. The molecule has 1 aliphatic heterocycles. The summed E-state index contributed by atoms with van der Waals surface area (Å²) in [7, 11) is 0. The van der Waals surface area contributed by atoms with Gasteiger partial charge in [-0.2, -0.15) is 5.26 Å². The summed E-state index contributed by atoms with van der Waals surface area (Å²) in [6.07, 6.45) is 6.33. The van der Waals surface area contributed by atoms with Crippen molar-refractivity contribution in [3.05, 3.63) is 0 Å². The van der Waals surface area contributed by atoms with Gasteiger partial charge in [-0.3, -0.25) is 10.2 Å². The Morgan fingerprint density at radius 2 is 1.90 bits per heavy atom. The van der Waals surface area contributed by atoms with Crippen molar-refractivity contribution >= 4 is 0 Å². The highest BCUT2D eigenvalue weighted by Crippen LogP contribution is 2.42. The van der Waals surface area contributed by atoms with Gasteiger partial charge in [0.05, 0.1) is 6.07 Å². The Hall–Kier alpha value is -0.590. The standard InChI is InChI=1S/C17H29N3/c1-12-8-13(2)14(3)20(9-12)11-17(10-18,15-4-5-15)19-16-6-7-16/h12-16,19H,4-9,11H2,1-3H3. The first-order valence-corrected chi connectivity index (χ1v) is 8.47. The van der Waals surface area contributed by atoms with E-state index in [9.17, 15) is 5.26 Å². The molecule has 3 fully saturated rings. The fourth-order valence-electron chi connectivity index (χ4n) is 3.98. The number of piperidine rings is 1. The summed E-state index contributed by atoms with van der Waals surface area (Å²) in [5.41, 5.74) is -0.272. The lowest BCUT2D eigenvalue weighted by atomic mass is 9.84. The van der Waals surface area contributed by atoms with E-state index in [0.717, 1.165) is 24.9 Å². The van der Waals surface area contributed by atoms with Crippen LogP contribution < -0.4 is 5.32 Å². The Morgan fingerprint density at radius 3 is 2.45 bits per heavy atom. The quantitative estimate of drug-likeness (QED) is 0.838. The predicted molar refractivity (Wildman–Crippen MR) is 81.2 cm³/mol. The minimum Gasteiger partial charge on any atom is -0.297 e. The fraction of sp³-hybridized carbons (Fsp3) is 0.941. The molecule has 3 rings (SSSR count). The second-order valence-electron chi connectivity index (χ2n) is 7.76. The molecule has 4 unspecified atom stereocenters. The summed E-state index contributed by atoms with van der Waals surface area (Å²) in [5.74, 6) is 2.10. The average Bonchev–Trinajstić information content (AvgIpc) is 3.25. The van der Waals surface area contributed by atoms with Gasteiger partial charge in [0.25, 0.3) is 0 Å². The van der Waals surface area contributed by atoms with Crippen LogP contribution in [0.15, 0.2) is 0 Å². The summed E-state index contributed by atoms with van der Waals surface area (Å²) in [5, 5.41) is 13.6. The van der Waals surface area contributed by atoms with Gasteiger partial charge in [-0.05, 0) is 56.8 Å². The zero-order valence-electron chi connectivity index (χ0n) is 13.2. The minimum absolute atomic E-state index is 0.272. The molecular formula is C17H29N3. The van der Waals surface area contributed by atoms with Crippen LogP contribution in [0.1, 0.15) is 52.9 Å². The van der Waals surface area contributed by atoms with Crippen molar-refractivity contribution in [1.29, 1.82) is 5.26 Å². The van der Waals surface area contributed by atoms with Crippen molar-refractivity contribution in [2.75, 3.05) is 13.1 Å². The Morgan fingerprint density at radius 1 is 1.20 bits per heavy atom. The molecule has 0 amide bonds. The number of hydrogen-bond donors (Lipinski definition) is 1. The van der Waals surface area contributed by atoms with Gasteiger partial charge < -0.3 is 0 Å². The first-order chi connectivity index (χ1) is 9.54. The molecule has 3 aliphatic rings. The minimum atomic E-state index is -0.272. The third-order valence-corrected chi connectivity index (χ3v) is 5.69. The van der Waals surface area contributed by atoms with E-state index in [1.165, 1.54) is 32.1 Å². The van der Waals surface area contributed by atoms with Crippen LogP contribution in [-0.2, 0) is 0 Å². The Balaban J connectivity index is 1.73. The summed E-state index contributed by atoms with van der Waals surface area (Å²) in [4.78, 5) is 2.59. The summed E-state index contributed by atoms with van der Waals surface area (Å²) >= 11 is 0. The molecule has 3 nitrogen and oxygen atoms in total. The lowest BCUT2D eigenvalue weighted by molar-refractivity contribution is 0.0557. The van der Waals surface area contributed by atoms with Crippen LogP contribution in [-0.4, -0.2) is 35.6 Å². The van der Waals surface area contributed by atoms with Gasteiger partial charge in [0.2, 0.25) is 0 Å². The second kappa shape index (κ2) is 5.31. The van der Waals surface area contributed by atoms with Gasteiger partial charge in [0.15, 0.2) is 0 Å². The van der Waals surface area contributed by atoms with E-state index in [2.05, 4.69) is 37.1 Å². The van der Waals surface area contributed by atoms with Crippen LogP contribution in [0.4, 0.5) is 0 Å². The predicted octanol–water partition coefficient (Wildman–Crippen LogP) is 2.78. The van der Waals surface area contributed by atoms with Crippen LogP contribution >= 0.6 is 0 Å². The number of likely N-dealkylation sites (tertiary alicyclic amines) is 1. The van der Waals surface area contributed by atoms with Gasteiger partial charge in [-0.1, -0.05) is 13.8 Å². The van der Waals surface area contributed by atoms with Crippen molar-refractivity contribution in [3.63, 3.8) is 0 Å². The highest BCUT2D eigenvalue weighted by molar-refractivity contribution is 5.19. The molecule has 2 aliphatic carbocycles. The Bertz CT molecular complexity index is 394. The van der Waals surface area contributed by atoms with Gasteiger partial charge >= 0.3 is 0 Å². The van der Waals surface area contributed by atoms with Crippen LogP contribution in [0.3, 0.4) is 0 Å². The van der Waals surface area contributed by atoms with Crippen LogP contribution in [0.2, 0.25) is 0 Å². The number of nitrogens with zero attached hydrogens (tertiary/aromatic N) is 2. The van der Waals surface area contributed by atoms with E-state index < -0.39 is 0 Å². The lowest BCUT2D eigenvalue weighted by Gasteiger charge is -2.45. The van der Waals surface area contributed by atoms with E-state index in [1.807, 2.05) is 0 Å². The molecule has 112 valence electrons. The molecule has 0 spiro atoms. The summed E-state index contributed by atoms with van der Waals surface area (Å²) in [6, 6.07) is 3.92. The molecule has 1 heterocycles. The van der Waals surface area contributed by atoms with Gasteiger partial charge in [0.1, 0.15) is 5.54 Å². The molecule has 1 N–H and O–H groups in total. The SMILES string of the molecule is CC1CC(C)C(C)N(CC(C#N)(NC2CC2)C2CC2)C1. The molecular weight excluding hydrogens is 246 g/mol. The average molecular weight is 275 g/mol. The molecule has 0 aromatic carbocycles. The van der Waals surface area contributed by atoms with E-state index in [1.54, 1.807) is 0 Å². The van der Waals surface area contributed by atoms with Crippen molar-refractivity contribution in [2.45, 2.75) is 70.5 Å². The van der Waals surface area contributed by atoms with E-state index in [4.69, 9.17) is 0 Å². The maximum atomic E-state index is 9.87. The zero-order chi connectivity index (χ0) is 14.3. The third kappa shape index (κ3) is 2.87. The van der Waals surface area contributed by atoms with Gasteiger partial charge in [0, 0.05) is 25.2 Å². The smallest absolute Gasteiger partial charge is 0.122 e. The number of nitriles is 1. The molecule has 1 saturated heterocycles. The van der Waals surface area contributed by atoms with Gasteiger partial charge in [-0.15, -0.1) is 0 Å². The Labute approximate surface area is 123 Å². The monoisotopic (exact) mass is 275 g/mol. The first kappa shape index (κ1) is 14.4. The Kier molecular flexibility index (Phi) is 3.81. The first-order valence-electron chi connectivity index (χ1n) is 8.47. The van der Waals surface area contributed by atoms with Crippen LogP contribution in [0.5, 0.6) is 0 Å². The van der Waals surface area contributed by atoms with Crippen molar-refractivity contribution in [1.82, 2.24) is 10.2 Å². The molecule has 2 saturated carbocycles.